The lowest BCUT2D eigenvalue weighted by molar-refractivity contribution is -0.141. The molecule has 0 radical (unpaired) electrons. The number of carbonyl (C=O) groups is 1. The summed E-state index contributed by atoms with van der Waals surface area (Å²) in [4.78, 5) is 10.8. The van der Waals surface area contributed by atoms with E-state index in [0.29, 0.717) is 6.61 Å². The molecule has 0 saturated heterocycles. The Kier molecular flexibility index (Phi) is 4.68. The van der Waals surface area contributed by atoms with Gasteiger partial charge in [0.25, 0.3) is 0 Å². The zero-order valence-electron chi connectivity index (χ0n) is 8.23. The number of ether oxygens (including phenoxy) is 1. The van der Waals surface area contributed by atoms with E-state index in [4.69, 9.17) is 4.74 Å². The van der Waals surface area contributed by atoms with Crippen molar-refractivity contribution in [1.29, 1.82) is 0 Å². The Hall–Kier alpha value is -0.753. The largest absolute Gasteiger partial charge is 0.465 e. The average Bonchev–Trinajstić information content (AvgIpc) is 1.84. The van der Waals surface area contributed by atoms with Gasteiger partial charge < -0.3 is 4.74 Å². The molecule has 68 valence electrons. The minimum absolute atomic E-state index is 0.219. The van der Waals surface area contributed by atoms with Crippen LogP contribution in [0.25, 0.3) is 0 Å². The molecule has 0 rings (SSSR count). The van der Waals surface area contributed by atoms with E-state index in [9.17, 15) is 4.79 Å². The van der Waals surface area contributed by atoms with Crippen LogP contribution in [0.2, 0.25) is 19.6 Å². The molecule has 0 aromatic carbocycles. The molecule has 0 unspecified atom stereocenters. The Bertz CT molecular complexity index is 205. The van der Waals surface area contributed by atoms with Crippen LogP contribution in [-0.2, 0) is 9.53 Å². The van der Waals surface area contributed by atoms with E-state index in [1.807, 2.05) is 0 Å². The monoisotopic (exact) mass is 184 g/mol. The summed E-state index contributed by atoms with van der Waals surface area (Å²) in [6.07, 6.45) is 0.234. The fraction of sp³-hybridized carbons (Fsp3) is 0.667. The van der Waals surface area contributed by atoms with Gasteiger partial charge in [-0.1, -0.05) is 25.6 Å². The second-order valence-electron chi connectivity index (χ2n) is 3.53. The fourth-order valence-corrected chi connectivity index (χ4v) is 1.21. The maximum absolute atomic E-state index is 10.8. The number of esters is 1. The Morgan fingerprint density at radius 3 is 2.42 bits per heavy atom. The summed E-state index contributed by atoms with van der Waals surface area (Å²) in [5, 5.41) is 0. The van der Waals surface area contributed by atoms with E-state index in [1.54, 1.807) is 6.92 Å². The van der Waals surface area contributed by atoms with Gasteiger partial charge in [0.15, 0.2) is 0 Å². The standard InChI is InChI=1S/C9H16O2Si/c1-5-11-9(10)7-6-8-12(2,3)4/h5,7H2,1-4H3. The quantitative estimate of drug-likeness (QED) is 0.372. The molecule has 3 heteroatoms. The topological polar surface area (TPSA) is 26.3 Å². The molecule has 0 atom stereocenters. The summed E-state index contributed by atoms with van der Waals surface area (Å²) in [6.45, 7) is 8.67. The van der Waals surface area contributed by atoms with Gasteiger partial charge >= 0.3 is 5.97 Å². The second-order valence-corrected chi connectivity index (χ2v) is 8.28. The van der Waals surface area contributed by atoms with Gasteiger partial charge in [0.05, 0.1) is 6.61 Å². The molecule has 0 fully saturated rings. The third-order valence-electron chi connectivity index (χ3n) is 1.00. The van der Waals surface area contributed by atoms with Crippen molar-refractivity contribution in [2.45, 2.75) is 33.0 Å². The molecule has 0 aliphatic carbocycles. The van der Waals surface area contributed by atoms with Crippen LogP contribution in [-0.4, -0.2) is 20.7 Å². The average molecular weight is 184 g/mol. The highest BCUT2D eigenvalue weighted by molar-refractivity contribution is 6.83. The Morgan fingerprint density at radius 2 is 2.00 bits per heavy atom. The molecule has 0 aliphatic rings. The highest BCUT2D eigenvalue weighted by Gasteiger charge is 2.07. The molecular weight excluding hydrogens is 168 g/mol. The van der Waals surface area contributed by atoms with E-state index in [0.717, 1.165) is 0 Å². The lowest BCUT2D eigenvalue weighted by Crippen LogP contribution is -2.16. The molecule has 12 heavy (non-hydrogen) atoms. The van der Waals surface area contributed by atoms with Crippen LogP contribution in [0.1, 0.15) is 13.3 Å². The first kappa shape index (κ1) is 11.2. The summed E-state index contributed by atoms with van der Waals surface area (Å²) >= 11 is 0. The summed E-state index contributed by atoms with van der Waals surface area (Å²) in [7, 11) is -1.32. The van der Waals surface area contributed by atoms with Crippen molar-refractivity contribution < 1.29 is 9.53 Å². The second kappa shape index (κ2) is 4.99. The first-order valence-corrected chi connectivity index (χ1v) is 7.61. The van der Waals surface area contributed by atoms with Crippen LogP contribution in [0.3, 0.4) is 0 Å². The van der Waals surface area contributed by atoms with E-state index in [-0.39, 0.29) is 12.4 Å². The van der Waals surface area contributed by atoms with Crippen LogP contribution >= 0.6 is 0 Å². The van der Waals surface area contributed by atoms with Crippen molar-refractivity contribution in [3.05, 3.63) is 0 Å². The maximum Gasteiger partial charge on any atom is 0.317 e. The van der Waals surface area contributed by atoms with E-state index in [1.165, 1.54) is 0 Å². The molecule has 0 saturated carbocycles. The molecule has 2 nitrogen and oxygen atoms in total. The van der Waals surface area contributed by atoms with Crippen LogP contribution < -0.4 is 0 Å². The zero-order valence-corrected chi connectivity index (χ0v) is 9.23. The van der Waals surface area contributed by atoms with Gasteiger partial charge in [-0.25, -0.2) is 0 Å². The Labute approximate surface area is 75.3 Å². The number of hydrogen-bond acceptors (Lipinski definition) is 2. The summed E-state index contributed by atoms with van der Waals surface area (Å²) < 4.78 is 4.73. The molecule has 0 spiro atoms. The molecule has 0 amide bonds. The van der Waals surface area contributed by atoms with Crippen LogP contribution in [0, 0.1) is 11.5 Å². The van der Waals surface area contributed by atoms with E-state index in [2.05, 4.69) is 31.1 Å². The Balaban J connectivity index is 3.79. The van der Waals surface area contributed by atoms with Gasteiger partial charge in [-0.2, -0.15) is 0 Å². The predicted molar refractivity (Wildman–Crippen MR) is 52.4 cm³/mol. The first-order chi connectivity index (χ1) is 5.45. The van der Waals surface area contributed by atoms with Crippen molar-refractivity contribution in [2.24, 2.45) is 0 Å². The van der Waals surface area contributed by atoms with Crippen LogP contribution in [0.15, 0.2) is 0 Å². The van der Waals surface area contributed by atoms with Crippen molar-refractivity contribution >= 4 is 14.0 Å². The highest BCUT2D eigenvalue weighted by Crippen LogP contribution is 1.96. The van der Waals surface area contributed by atoms with E-state index >= 15 is 0 Å². The smallest absolute Gasteiger partial charge is 0.317 e. The normalized spacial score (nSPS) is 10.0. The molecule has 0 heterocycles. The van der Waals surface area contributed by atoms with Crippen LogP contribution in [0.5, 0.6) is 0 Å². The number of rotatable bonds is 2. The van der Waals surface area contributed by atoms with Gasteiger partial charge in [0.2, 0.25) is 0 Å². The van der Waals surface area contributed by atoms with Gasteiger partial charge in [-0.3, -0.25) is 4.79 Å². The minimum atomic E-state index is -1.32. The number of carbonyl (C=O) groups excluding carboxylic acids is 1. The summed E-state index contributed by atoms with van der Waals surface area (Å²) in [5.41, 5.74) is 3.10. The van der Waals surface area contributed by atoms with Crippen molar-refractivity contribution in [3.63, 3.8) is 0 Å². The fourth-order valence-electron chi connectivity index (χ4n) is 0.594. The minimum Gasteiger partial charge on any atom is -0.465 e. The SMILES string of the molecule is CCOC(=O)CC#C[Si](C)(C)C. The zero-order chi connectivity index (χ0) is 9.61. The number of hydrogen-bond donors (Lipinski definition) is 0. The predicted octanol–water partition coefficient (Wildman–Crippen LogP) is 1.82. The molecule has 0 N–H and O–H groups in total. The lowest BCUT2D eigenvalue weighted by Gasteiger charge is -2.03. The molecular formula is C9H16O2Si. The summed E-state index contributed by atoms with van der Waals surface area (Å²) in [5.74, 6) is 2.63. The summed E-state index contributed by atoms with van der Waals surface area (Å²) in [6, 6.07) is 0. The van der Waals surface area contributed by atoms with E-state index < -0.39 is 8.07 Å². The van der Waals surface area contributed by atoms with Crippen molar-refractivity contribution in [2.75, 3.05) is 6.61 Å². The maximum atomic E-state index is 10.8. The molecule has 0 aromatic rings. The van der Waals surface area contributed by atoms with Crippen molar-refractivity contribution in [1.82, 2.24) is 0 Å². The lowest BCUT2D eigenvalue weighted by atomic mass is 10.5. The first-order valence-electron chi connectivity index (χ1n) is 4.11. The van der Waals surface area contributed by atoms with Gasteiger partial charge in [-0.15, -0.1) is 5.54 Å². The highest BCUT2D eigenvalue weighted by atomic mass is 28.3. The van der Waals surface area contributed by atoms with Gasteiger partial charge in [0, 0.05) is 0 Å². The van der Waals surface area contributed by atoms with Crippen LogP contribution in [0.4, 0.5) is 0 Å². The van der Waals surface area contributed by atoms with Crippen molar-refractivity contribution in [3.8, 4) is 11.5 Å². The Morgan fingerprint density at radius 1 is 1.42 bits per heavy atom. The third-order valence-corrected chi connectivity index (χ3v) is 1.93. The van der Waals surface area contributed by atoms with Gasteiger partial charge in [-0.05, 0) is 6.92 Å². The molecule has 0 bridgehead atoms. The van der Waals surface area contributed by atoms with Gasteiger partial charge in [0.1, 0.15) is 14.5 Å². The third kappa shape index (κ3) is 7.36. The molecule has 0 aromatic heterocycles. The molecule has 0 aliphatic heterocycles.